The number of para-hydroxylation sites is 1. The average molecular weight is 430 g/mol. The molecule has 2 amide bonds. The second-order valence-electron chi connectivity index (χ2n) is 7.31. The minimum Gasteiger partial charge on any atom is -0.368 e. The largest absolute Gasteiger partial charge is 0.368 e. The highest BCUT2D eigenvalue weighted by atomic mass is 32.1. The van der Waals surface area contributed by atoms with Crippen LogP contribution in [-0.2, 0) is 11.3 Å². The second kappa shape index (κ2) is 8.10. The van der Waals surface area contributed by atoms with Crippen molar-refractivity contribution in [2.45, 2.75) is 25.4 Å². The third kappa shape index (κ3) is 4.12. The van der Waals surface area contributed by atoms with Crippen molar-refractivity contribution in [3.05, 3.63) is 40.8 Å². The molecule has 1 aliphatic heterocycles. The number of nitrogens with two attached hydrogens (primary N) is 1. The van der Waals surface area contributed by atoms with Gasteiger partial charge in [0, 0.05) is 26.3 Å². The Morgan fingerprint density at radius 3 is 2.83 bits per heavy atom. The normalized spacial score (nSPS) is 17.0. The van der Waals surface area contributed by atoms with E-state index in [2.05, 4.69) is 15.2 Å². The quantitative estimate of drug-likeness (QED) is 0.628. The summed E-state index contributed by atoms with van der Waals surface area (Å²) in [6, 6.07) is 9.36. The first-order valence-electron chi connectivity index (χ1n) is 9.42. The zero-order valence-electron chi connectivity index (χ0n) is 16.3. The number of hydrogen-bond donors (Lipinski definition) is 2. The fourth-order valence-electron chi connectivity index (χ4n) is 3.55. The number of rotatable bonds is 6. The van der Waals surface area contributed by atoms with Gasteiger partial charge >= 0.3 is 0 Å². The summed E-state index contributed by atoms with van der Waals surface area (Å²) in [7, 11) is 3.91. The van der Waals surface area contributed by atoms with Gasteiger partial charge in [-0.25, -0.2) is 4.98 Å². The van der Waals surface area contributed by atoms with Gasteiger partial charge in [-0.3, -0.25) is 14.5 Å². The molecule has 3 aromatic rings. The van der Waals surface area contributed by atoms with E-state index < -0.39 is 0 Å². The number of primary amides is 1. The number of hydrogen-bond acceptors (Lipinski definition) is 7. The molecule has 152 valence electrons. The third-order valence-corrected chi connectivity index (χ3v) is 7.34. The van der Waals surface area contributed by atoms with Gasteiger partial charge in [0.2, 0.25) is 5.91 Å². The Labute approximate surface area is 177 Å². The standard InChI is InChI=1S/C20H23N5O2S2/c1-24(2)20-23-19-16(29-20)10-15(28-19)18(27)22-13-7-4-3-6-12(13)11-25-9-5-8-14(25)17(21)26/h3-4,6-7,10,14H,5,8-9,11H2,1-2H3,(H2,21,26)(H,22,27). The van der Waals surface area contributed by atoms with E-state index in [0.29, 0.717) is 11.4 Å². The molecule has 1 saturated heterocycles. The van der Waals surface area contributed by atoms with Gasteiger partial charge in [-0.2, -0.15) is 0 Å². The van der Waals surface area contributed by atoms with Gasteiger partial charge in [0.25, 0.3) is 5.91 Å². The molecule has 1 atom stereocenters. The van der Waals surface area contributed by atoms with Crippen molar-refractivity contribution < 1.29 is 9.59 Å². The van der Waals surface area contributed by atoms with E-state index in [1.807, 2.05) is 49.3 Å². The molecule has 1 unspecified atom stereocenters. The lowest BCUT2D eigenvalue weighted by molar-refractivity contribution is -0.122. The molecule has 3 heterocycles. The summed E-state index contributed by atoms with van der Waals surface area (Å²) in [5.74, 6) is -0.431. The summed E-state index contributed by atoms with van der Waals surface area (Å²) in [5, 5.41) is 3.96. The molecule has 2 aromatic heterocycles. The first kappa shape index (κ1) is 19.8. The molecule has 1 fully saturated rings. The number of fused-ring (bicyclic) bond motifs is 1. The van der Waals surface area contributed by atoms with E-state index in [9.17, 15) is 9.59 Å². The number of carbonyl (C=O) groups is 2. The number of thiazole rings is 1. The molecular weight excluding hydrogens is 406 g/mol. The first-order chi connectivity index (χ1) is 13.9. The molecule has 0 aliphatic carbocycles. The maximum Gasteiger partial charge on any atom is 0.265 e. The fourth-order valence-corrected chi connectivity index (χ4v) is 5.58. The number of carbonyl (C=O) groups excluding carboxylic acids is 2. The molecule has 0 saturated carbocycles. The van der Waals surface area contributed by atoms with Gasteiger partial charge in [0.05, 0.1) is 15.6 Å². The van der Waals surface area contributed by atoms with Crippen molar-refractivity contribution >= 4 is 54.8 Å². The van der Waals surface area contributed by atoms with Gasteiger partial charge in [-0.15, -0.1) is 11.3 Å². The van der Waals surface area contributed by atoms with Crippen molar-refractivity contribution in [1.29, 1.82) is 0 Å². The molecule has 3 N–H and O–H groups in total. The van der Waals surface area contributed by atoms with Gasteiger partial charge in [-0.1, -0.05) is 29.5 Å². The Kier molecular flexibility index (Phi) is 5.53. The highest BCUT2D eigenvalue weighted by Gasteiger charge is 2.29. The van der Waals surface area contributed by atoms with E-state index in [0.717, 1.165) is 45.3 Å². The number of benzene rings is 1. The summed E-state index contributed by atoms with van der Waals surface area (Å²) >= 11 is 2.97. The van der Waals surface area contributed by atoms with Crippen LogP contribution in [0.1, 0.15) is 28.1 Å². The van der Waals surface area contributed by atoms with E-state index in [-0.39, 0.29) is 17.9 Å². The van der Waals surface area contributed by atoms with Crippen LogP contribution in [0.15, 0.2) is 30.3 Å². The van der Waals surface area contributed by atoms with Crippen molar-refractivity contribution in [3.63, 3.8) is 0 Å². The minimum absolute atomic E-state index is 0.146. The second-order valence-corrected chi connectivity index (χ2v) is 9.35. The van der Waals surface area contributed by atoms with Crippen LogP contribution >= 0.6 is 22.7 Å². The number of nitrogens with zero attached hydrogens (tertiary/aromatic N) is 3. The molecule has 1 aromatic carbocycles. The Morgan fingerprint density at radius 2 is 2.10 bits per heavy atom. The highest BCUT2D eigenvalue weighted by Crippen LogP contribution is 2.34. The Morgan fingerprint density at radius 1 is 1.31 bits per heavy atom. The van der Waals surface area contributed by atoms with Crippen LogP contribution in [0.2, 0.25) is 0 Å². The van der Waals surface area contributed by atoms with Gasteiger partial charge in [0.15, 0.2) is 5.13 Å². The summed E-state index contributed by atoms with van der Waals surface area (Å²) in [5.41, 5.74) is 7.26. The Hall–Kier alpha value is -2.49. The van der Waals surface area contributed by atoms with Crippen molar-refractivity contribution in [2.75, 3.05) is 30.9 Å². The predicted octanol–water partition coefficient (Wildman–Crippen LogP) is 3.13. The van der Waals surface area contributed by atoms with Crippen LogP contribution < -0.4 is 16.0 Å². The Bertz CT molecular complexity index is 1030. The number of nitrogens with one attached hydrogen (secondary N) is 1. The van der Waals surface area contributed by atoms with Crippen molar-refractivity contribution in [2.24, 2.45) is 5.73 Å². The van der Waals surface area contributed by atoms with Crippen LogP contribution in [0.4, 0.5) is 10.8 Å². The van der Waals surface area contributed by atoms with E-state index in [4.69, 9.17) is 5.73 Å². The molecule has 7 nitrogen and oxygen atoms in total. The lowest BCUT2D eigenvalue weighted by atomic mass is 10.1. The topological polar surface area (TPSA) is 91.6 Å². The zero-order valence-corrected chi connectivity index (χ0v) is 18.0. The number of aromatic nitrogens is 1. The van der Waals surface area contributed by atoms with Crippen LogP contribution in [0.5, 0.6) is 0 Å². The SMILES string of the molecule is CN(C)c1nc2sc(C(=O)Nc3ccccc3CN3CCCC3C(N)=O)cc2s1. The summed E-state index contributed by atoms with van der Waals surface area (Å²) < 4.78 is 1.01. The molecule has 29 heavy (non-hydrogen) atoms. The van der Waals surface area contributed by atoms with E-state index in [1.165, 1.54) is 11.3 Å². The minimum atomic E-state index is -0.285. The van der Waals surface area contributed by atoms with Crippen molar-refractivity contribution in [3.8, 4) is 0 Å². The van der Waals surface area contributed by atoms with Crippen LogP contribution in [0.3, 0.4) is 0 Å². The number of amides is 2. The maximum absolute atomic E-state index is 12.8. The maximum atomic E-state index is 12.8. The predicted molar refractivity (Wildman–Crippen MR) is 119 cm³/mol. The lowest BCUT2D eigenvalue weighted by Crippen LogP contribution is -2.39. The molecule has 9 heteroatoms. The van der Waals surface area contributed by atoms with E-state index in [1.54, 1.807) is 11.3 Å². The summed E-state index contributed by atoms with van der Waals surface area (Å²) in [6.07, 6.45) is 1.74. The Balaban J connectivity index is 1.51. The van der Waals surface area contributed by atoms with Gasteiger partial charge < -0.3 is 16.0 Å². The number of anilines is 2. The van der Waals surface area contributed by atoms with Crippen molar-refractivity contribution in [1.82, 2.24) is 9.88 Å². The summed E-state index contributed by atoms with van der Waals surface area (Å²) in [6.45, 7) is 1.41. The van der Waals surface area contributed by atoms with E-state index >= 15 is 0 Å². The molecule has 1 aliphatic rings. The fraction of sp³-hybridized carbons (Fsp3) is 0.350. The van der Waals surface area contributed by atoms with Gasteiger partial charge in [0.1, 0.15) is 4.83 Å². The van der Waals surface area contributed by atoms with Crippen LogP contribution in [0, 0.1) is 0 Å². The van der Waals surface area contributed by atoms with Crippen LogP contribution in [-0.4, -0.2) is 48.4 Å². The molecule has 0 spiro atoms. The first-order valence-corrected chi connectivity index (χ1v) is 11.1. The zero-order chi connectivity index (χ0) is 20.5. The molecule has 0 radical (unpaired) electrons. The highest BCUT2D eigenvalue weighted by molar-refractivity contribution is 7.29. The third-order valence-electron chi connectivity index (χ3n) is 5.02. The smallest absolute Gasteiger partial charge is 0.265 e. The van der Waals surface area contributed by atoms with Crippen LogP contribution in [0.25, 0.3) is 9.53 Å². The molecule has 4 rings (SSSR count). The molecular formula is C20H23N5O2S2. The summed E-state index contributed by atoms with van der Waals surface area (Å²) in [4.78, 5) is 34.6. The lowest BCUT2D eigenvalue weighted by Gasteiger charge is -2.23. The average Bonchev–Trinajstić information content (AvgIpc) is 3.37. The molecule has 0 bridgehead atoms. The van der Waals surface area contributed by atoms with Gasteiger partial charge in [-0.05, 0) is 37.1 Å². The monoisotopic (exact) mass is 429 g/mol. The number of likely N-dealkylation sites (tertiary alicyclic amines) is 1. The number of thiophene rings is 1.